The molecule has 1 atom stereocenters. The maximum Gasteiger partial charge on any atom is 0.231 e. The molecular formula is C16H18N2OS. The fourth-order valence-corrected chi connectivity index (χ4v) is 3.70. The lowest BCUT2D eigenvalue weighted by Gasteiger charge is -2.21. The smallest absolute Gasteiger partial charge is 0.231 e. The largest absolute Gasteiger partial charge is 0.326 e. The predicted octanol–water partition coefficient (Wildman–Crippen LogP) is 3.27. The van der Waals surface area contributed by atoms with Gasteiger partial charge in [0.05, 0.1) is 5.92 Å². The standard InChI is InChI=1S/C16H18N2OS/c17-10-11-4-6-12(7-5-11)18-16(19)14-2-1-3-15-13(14)8-9-20-15/h4-9,14H,1-3,10,17H2,(H,18,19). The van der Waals surface area contributed by atoms with Crippen LogP contribution in [0.3, 0.4) is 0 Å². The first-order chi connectivity index (χ1) is 9.78. The van der Waals surface area contributed by atoms with E-state index in [1.54, 1.807) is 11.3 Å². The van der Waals surface area contributed by atoms with E-state index in [0.717, 1.165) is 30.5 Å². The van der Waals surface area contributed by atoms with Crippen molar-refractivity contribution in [1.82, 2.24) is 0 Å². The van der Waals surface area contributed by atoms with E-state index in [9.17, 15) is 4.79 Å². The molecule has 0 aliphatic heterocycles. The molecular weight excluding hydrogens is 268 g/mol. The second-order valence-electron chi connectivity index (χ2n) is 5.13. The van der Waals surface area contributed by atoms with Gasteiger partial charge in [0.2, 0.25) is 5.91 Å². The van der Waals surface area contributed by atoms with Gasteiger partial charge >= 0.3 is 0 Å². The van der Waals surface area contributed by atoms with Crippen molar-refractivity contribution in [3.8, 4) is 0 Å². The van der Waals surface area contributed by atoms with Crippen LogP contribution in [0.1, 0.15) is 34.8 Å². The van der Waals surface area contributed by atoms with Crippen molar-refractivity contribution in [2.75, 3.05) is 5.32 Å². The van der Waals surface area contributed by atoms with Crippen LogP contribution in [0.4, 0.5) is 5.69 Å². The van der Waals surface area contributed by atoms with E-state index < -0.39 is 0 Å². The highest BCUT2D eigenvalue weighted by atomic mass is 32.1. The summed E-state index contributed by atoms with van der Waals surface area (Å²) in [6, 6.07) is 9.83. The maximum absolute atomic E-state index is 12.5. The molecule has 1 aliphatic rings. The number of nitrogens with two attached hydrogens (primary N) is 1. The van der Waals surface area contributed by atoms with Gasteiger partial charge in [-0.25, -0.2) is 0 Å². The number of thiophene rings is 1. The first-order valence-corrected chi connectivity index (χ1v) is 7.82. The summed E-state index contributed by atoms with van der Waals surface area (Å²) in [5, 5.41) is 5.11. The molecule has 0 spiro atoms. The van der Waals surface area contributed by atoms with Crippen molar-refractivity contribution >= 4 is 22.9 Å². The quantitative estimate of drug-likeness (QED) is 0.910. The number of benzene rings is 1. The Morgan fingerprint density at radius 3 is 2.85 bits per heavy atom. The third-order valence-electron chi connectivity index (χ3n) is 3.83. The molecule has 1 amide bonds. The summed E-state index contributed by atoms with van der Waals surface area (Å²) in [4.78, 5) is 13.8. The van der Waals surface area contributed by atoms with Crippen LogP contribution in [-0.4, -0.2) is 5.91 Å². The number of hydrogen-bond acceptors (Lipinski definition) is 3. The SMILES string of the molecule is NCc1ccc(NC(=O)C2CCCc3sccc32)cc1. The van der Waals surface area contributed by atoms with Crippen LogP contribution < -0.4 is 11.1 Å². The number of fused-ring (bicyclic) bond motifs is 1. The van der Waals surface area contributed by atoms with E-state index >= 15 is 0 Å². The molecule has 2 aromatic rings. The van der Waals surface area contributed by atoms with Crippen LogP contribution in [0.25, 0.3) is 0 Å². The van der Waals surface area contributed by atoms with Crippen molar-refractivity contribution in [1.29, 1.82) is 0 Å². The second kappa shape index (κ2) is 5.77. The molecule has 1 aromatic heterocycles. The molecule has 4 heteroatoms. The summed E-state index contributed by atoms with van der Waals surface area (Å²) in [5.41, 5.74) is 8.71. The number of anilines is 1. The number of amides is 1. The highest BCUT2D eigenvalue weighted by Crippen LogP contribution is 2.35. The van der Waals surface area contributed by atoms with Gasteiger partial charge in [0, 0.05) is 17.1 Å². The maximum atomic E-state index is 12.5. The fourth-order valence-electron chi connectivity index (χ4n) is 2.71. The highest BCUT2D eigenvalue weighted by molar-refractivity contribution is 7.10. The van der Waals surface area contributed by atoms with Crippen LogP contribution in [-0.2, 0) is 17.8 Å². The van der Waals surface area contributed by atoms with Crippen LogP contribution in [0.15, 0.2) is 35.7 Å². The van der Waals surface area contributed by atoms with Crippen LogP contribution >= 0.6 is 11.3 Å². The van der Waals surface area contributed by atoms with Crippen LogP contribution in [0.5, 0.6) is 0 Å². The molecule has 0 fully saturated rings. The van der Waals surface area contributed by atoms with Gasteiger partial charge in [0.15, 0.2) is 0 Å². The topological polar surface area (TPSA) is 55.1 Å². The summed E-state index contributed by atoms with van der Waals surface area (Å²) >= 11 is 1.76. The van der Waals surface area contributed by atoms with Crippen molar-refractivity contribution in [3.05, 3.63) is 51.7 Å². The molecule has 0 radical (unpaired) electrons. The molecule has 3 nitrogen and oxygen atoms in total. The van der Waals surface area contributed by atoms with Crippen molar-refractivity contribution < 1.29 is 4.79 Å². The summed E-state index contributed by atoms with van der Waals surface area (Å²) < 4.78 is 0. The summed E-state index contributed by atoms with van der Waals surface area (Å²) in [7, 11) is 0. The number of rotatable bonds is 3. The van der Waals surface area contributed by atoms with Gasteiger partial charge in [-0.2, -0.15) is 0 Å². The monoisotopic (exact) mass is 286 g/mol. The van der Waals surface area contributed by atoms with E-state index in [2.05, 4.69) is 16.8 Å². The van der Waals surface area contributed by atoms with Gasteiger partial charge < -0.3 is 11.1 Å². The average Bonchev–Trinajstić information content (AvgIpc) is 2.96. The molecule has 1 aliphatic carbocycles. The van der Waals surface area contributed by atoms with Crippen molar-refractivity contribution in [3.63, 3.8) is 0 Å². The zero-order valence-corrected chi connectivity index (χ0v) is 12.1. The third kappa shape index (κ3) is 2.62. The lowest BCUT2D eigenvalue weighted by molar-refractivity contribution is -0.117. The van der Waals surface area contributed by atoms with E-state index in [-0.39, 0.29) is 11.8 Å². The Balaban J connectivity index is 1.74. The van der Waals surface area contributed by atoms with Crippen LogP contribution in [0, 0.1) is 0 Å². The minimum absolute atomic E-state index is 0.000755. The molecule has 1 aromatic carbocycles. The van der Waals surface area contributed by atoms with Gasteiger partial charge in [0.1, 0.15) is 0 Å². The van der Waals surface area contributed by atoms with Gasteiger partial charge in [-0.15, -0.1) is 11.3 Å². The number of carbonyl (C=O) groups is 1. The minimum Gasteiger partial charge on any atom is -0.326 e. The lowest BCUT2D eigenvalue weighted by atomic mass is 9.87. The highest BCUT2D eigenvalue weighted by Gasteiger charge is 2.27. The number of aryl methyl sites for hydroxylation is 1. The third-order valence-corrected chi connectivity index (χ3v) is 4.82. The molecule has 0 saturated heterocycles. The predicted molar refractivity (Wildman–Crippen MR) is 83.0 cm³/mol. The molecule has 1 unspecified atom stereocenters. The van der Waals surface area contributed by atoms with Gasteiger partial charge in [-0.3, -0.25) is 4.79 Å². The zero-order valence-electron chi connectivity index (χ0n) is 11.3. The molecule has 0 bridgehead atoms. The van der Waals surface area contributed by atoms with Gasteiger partial charge in [-0.05, 0) is 54.0 Å². The van der Waals surface area contributed by atoms with Crippen LogP contribution in [0.2, 0.25) is 0 Å². The number of nitrogens with one attached hydrogen (secondary N) is 1. The van der Waals surface area contributed by atoms with E-state index in [1.807, 2.05) is 24.3 Å². The first kappa shape index (κ1) is 13.3. The fraction of sp³-hybridized carbons (Fsp3) is 0.312. The second-order valence-corrected chi connectivity index (χ2v) is 6.13. The normalized spacial score (nSPS) is 17.6. The van der Waals surface area contributed by atoms with E-state index in [1.165, 1.54) is 10.4 Å². The van der Waals surface area contributed by atoms with Gasteiger partial charge in [0.25, 0.3) is 0 Å². The Bertz CT molecular complexity index is 603. The molecule has 20 heavy (non-hydrogen) atoms. The summed E-state index contributed by atoms with van der Waals surface area (Å²) in [6.45, 7) is 0.523. The summed E-state index contributed by atoms with van der Waals surface area (Å²) in [5.74, 6) is 0.101. The number of carbonyl (C=O) groups excluding carboxylic acids is 1. The molecule has 3 rings (SSSR count). The Kier molecular flexibility index (Phi) is 3.85. The Morgan fingerprint density at radius 2 is 2.10 bits per heavy atom. The molecule has 1 heterocycles. The Morgan fingerprint density at radius 1 is 1.30 bits per heavy atom. The summed E-state index contributed by atoms with van der Waals surface area (Å²) in [6.07, 6.45) is 3.15. The molecule has 104 valence electrons. The molecule has 3 N–H and O–H groups in total. The minimum atomic E-state index is -0.000755. The zero-order chi connectivity index (χ0) is 13.9. The lowest BCUT2D eigenvalue weighted by Crippen LogP contribution is -2.23. The van der Waals surface area contributed by atoms with Crippen molar-refractivity contribution in [2.24, 2.45) is 5.73 Å². The molecule has 0 saturated carbocycles. The number of hydrogen-bond donors (Lipinski definition) is 2. The Labute approximate surface area is 122 Å². The van der Waals surface area contributed by atoms with E-state index in [0.29, 0.717) is 6.54 Å². The Hall–Kier alpha value is -1.65. The first-order valence-electron chi connectivity index (χ1n) is 6.94. The average molecular weight is 286 g/mol. The van der Waals surface area contributed by atoms with Crippen molar-refractivity contribution in [2.45, 2.75) is 31.7 Å². The van der Waals surface area contributed by atoms with E-state index in [4.69, 9.17) is 5.73 Å². The van der Waals surface area contributed by atoms with Gasteiger partial charge in [-0.1, -0.05) is 12.1 Å².